The average Bonchev–Trinajstić information content (AvgIpc) is 2.36. The molecule has 0 radical (unpaired) electrons. The van der Waals surface area contributed by atoms with Crippen molar-refractivity contribution in [3.8, 4) is 0 Å². The first-order valence-electron chi connectivity index (χ1n) is 6.29. The van der Waals surface area contributed by atoms with Crippen LogP contribution in [0.4, 0.5) is 5.82 Å². The highest BCUT2D eigenvalue weighted by Gasteiger charge is 2.21. The van der Waals surface area contributed by atoms with Crippen LogP contribution in [0.15, 0.2) is 12.4 Å². The van der Waals surface area contributed by atoms with Gasteiger partial charge in [0.05, 0.1) is 5.60 Å². The van der Waals surface area contributed by atoms with E-state index in [0.717, 1.165) is 24.4 Å². The molecular weight excluding hydrogens is 214 g/mol. The van der Waals surface area contributed by atoms with Gasteiger partial charge in [-0.15, -0.1) is 0 Å². The molecule has 0 saturated carbocycles. The molecule has 4 nitrogen and oxygen atoms in total. The highest BCUT2D eigenvalue weighted by Crippen LogP contribution is 2.17. The molecule has 0 saturated heterocycles. The number of rotatable bonds is 6. The number of aromatic nitrogens is 2. The van der Waals surface area contributed by atoms with E-state index in [-0.39, 0.29) is 0 Å². The van der Waals surface area contributed by atoms with Crippen molar-refractivity contribution in [2.24, 2.45) is 0 Å². The predicted molar refractivity (Wildman–Crippen MR) is 70.1 cm³/mol. The smallest absolute Gasteiger partial charge is 0.129 e. The van der Waals surface area contributed by atoms with Crippen molar-refractivity contribution < 1.29 is 5.11 Å². The SMILES string of the molecule is CCC(O)(CC)CNc1cc(C(C)C)ncn1. The van der Waals surface area contributed by atoms with Crippen LogP contribution in [-0.2, 0) is 0 Å². The third-order valence-electron chi connectivity index (χ3n) is 3.19. The molecule has 0 atom stereocenters. The second kappa shape index (κ2) is 5.96. The molecule has 1 aromatic rings. The molecule has 2 N–H and O–H groups in total. The summed E-state index contributed by atoms with van der Waals surface area (Å²) in [6.07, 6.45) is 3.03. The molecule has 0 aliphatic heterocycles. The van der Waals surface area contributed by atoms with Crippen LogP contribution in [0.3, 0.4) is 0 Å². The molecule has 0 bridgehead atoms. The van der Waals surface area contributed by atoms with E-state index >= 15 is 0 Å². The first kappa shape index (κ1) is 13.9. The topological polar surface area (TPSA) is 58.0 Å². The van der Waals surface area contributed by atoms with Gasteiger partial charge in [-0.05, 0) is 18.8 Å². The average molecular weight is 237 g/mol. The van der Waals surface area contributed by atoms with Crippen LogP contribution in [0.2, 0.25) is 0 Å². The molecule has 1 aromatic heterocycles. The van der Waals surface area contributed by atoms with E-state index < -0.39 is 5.60 Å². The van der Waals surface area contributed by atoms with Gasteiger partial charge in [-0.1, -0.05) is 27.7 Å². The minimum absolute atomic E-state index is 0.384. The minimum atomic E-state index is -0.650. The van der Waals surface area contributed by atoms with Crippen molar-refractivity contribution in [2.75, 3.05) is 11.9 Å². The molecule has 0 unspecified atom stereocenters. The number of hydrogen-bond acceptors (Lipinski definition) is 4. The summed E-state index contributed by atoms with van der Waals surface area (Å²) in [5.74, 6) is 1.17. The summed E-state index contributed by atoms with van der Waals surface area (Å²) < 4.78 is 0. The highest BCUT2D eigenvalue weighted by atomic mass is 16.3. The summed E-state index contributed by atoms with van der Waals surface area (Å²) in [7, 11) is 0. The molecule has 17 heavy (non-hydrogen) atoms. The lowest BCUT2D eigenvalue weighted by Gasteiger charge is -2.25. The van der Waals surface area contributed by atoms with Gasteiger partial charge in [0.2, 0.25) is 0 Å². The molecular formula is C13H23N3O. The lowest BCUT2D eigenvalue weighted by molar-refractivity contribution is 0.0456. The Labute approximate surface area is 103 Å². The quantitative estimate of drug-likeness (QED) is 0.798. The fourth-order valence-electron chi connectivity index (χ4n) is 1.54. The Morgan fingerprint density at radius 2 is 1.94 bits per heavy atom. The van der Waals surface area contributed by atoms with Crippen molar-refractivity contribution >= 4 is 5.82 Å². The van der Waals surface area contributed by atoms with Gasteiger partial charge in [-0.2, -0.15) is 0 Å². The molecule has 1 rings (SSSR count). The zero-order valence-corrected chi connectivity index (χ0v) is 11.2. The third-order valence-corrected chi connectivity index (χ3v) is 3.19. The maximum absolute atomic E-state index is 10.2. The Morgan fingerprint density at radius 1 is 1.29 bits per heavy atom. The molecule has 96 valence electrons. The molecule has 4 heteroatoms. The first-order chi connectivity index (χ1) is 8.00. The number of nitrogens with zero attached hydrogens (tertiary/aromatic N) is 2. The Hall–Kier alpha value is -1.16. The summed E-state index contributed by atoms with van der Waals surface area (Å²) in [6, 6.07) is 1.94. The van der Waals surface area contributed by atoms with Gasteiger partial charge in [0, 0.05) is 18.3 Å². The Balaban J connectivity index is 2.66. The van der Waals surface area contributed by atoms with E-state index in [1.54, 1.807) is 6.33 Å². The Kier molecular flexibility index (Phi) is 4.87. The third kappa shape index (κ3) is 3.97. The summed E-state index contributed by atoms with van der Waals surface area (Å²) >= 11 is 0. The van der Waals surface area contributed by atoms with Gasteiger partial charge in [0.1, 0.15) is 12.1 Å². The van der Waals surface area contributed by atoms with Gasteiger partial charge in [0.15, 0.2) is 0 Å². The van der Waals surface area contributed by atoms with Crippen LogP contribution in [0.25, 0.3) is 0 Å². The lowest BCUT2D eigenvalue weighted by atomic mass is 9.98. The molecule has 0 aromatic carbocycles. The maximum Gasteiger partial charge on any atom is 0.129 e. The highest BCUT2D eigenvalue weighted by molar-refractivity contribution is 5.36. The van der Waals surface area contributed by atoms with E-state index in [2.05, 4.69) is 29.1 Å². The maximum atomic E-state index is 10.2. The number of nitrogens with one attached hydrogen (secondary N) is 1. The fourth-order valence-corrected chi connectivity index (χ4v) is 1.54. The second-order valence-electron chi connectivity index (χ2n) is 4.77. The molecule has 1 heterocycles. The van der Waals surface area contributed by atoms with Crippen LogP contribution >= 0.6 is 0 Å². The largest absolute Gasteiger partial charge is 0.388 e. The first-order valence-corrected chi connectivity index (χ1v) is 6.29. The summed E-state index contributed by atoms with van der Waals surface area (Å²) in [6.45, 7) is 8.70. The fraction of sp³-hybridized carbons (Fsp3) is 0.692. The zero-order chi connectivity index (χ0) is 12.9. The van der Waals surface area contributed by atoms with Crippen LogP contribution in [-0.4, -0.2) is 27.2 Å². The molecule has 0 aliphatic rings. The molecule has 0 fully saturated rings. The number of hydrogen-bond donors (Lipinski definition) is 2. The van der Waals surface area contributed by atoms with Crippen molar-refractivity contribution in [1.82, 2.24) is 9.97 Å². The van der Waals surface area contributed by atoms with E-state index in [9.17, 15) is 5.11 Å². The summed E-state index contributed by atoms with van der Waals surface area (Å²) in [5, 5.41) is 13.3. The van der Waals surface area contributed by atoms with Crippen LogP contribution in [0.5, 0.6) is 0 Å². The standard InChI is InChI=1S/C13H23N3O/c1-5-13(17,6-2)8-14-12-7-11(10(3)4)15-9-16-12/h7,9-10,17H,5-6,8H2,1-4H3,(H,14,15,16). The van der Waals surface area contributed by atoms with Gasteiger partial charge < -0.3 is 10.4 Å². The monoisotopic (exact) mass is 237 g/mol. The minimum Gasteiger partial charge on any atom is -0.388 e. The van der Waals surface area contributed by atoms with Gasteiger partial charge >= 0.3 is 0 Å². The van der Waals surface area contributed by atoms with E-state index in [1.807, 2.05) is 19.9 Å². The molecule has 0 spiro atoms. The van der Waals surface area contributed by atoms with Crippen molar-refractivity contribution in [2.45, 2.75) is 52.1 Å². The molecule has 0 aliphatic carbocycles. The zero-order valence-electron chi connectivity index (χ0n) is 11.2. The summed E-state index contributed by atoms with van der Waals surface area (Å²) in [4.78, 5) is 8.37. The van der Waals surface area contributed by atoms with Gasteiger partial charge in [-0.3, -0.25) is 0 Å². The van der Waals surface area contributed by atoms with Crippen LogP contribution in [0.1, 0.15) is 52.1 Å². The van der Waals surface area contributed by atoms with Gasteiger partial charge in [-0.25, -0.2) is 9.97 Å². The normalized spacial score (nSPS) is 11.9. The lowest BCUT2D eigenvalue weighted by Crippen LogP contribution is -2.35. The molecule has 0 amide bonds. The Morgan fingerprint density at radius 3 is 2.47 bits per heavy atom. The van der Waals surface area contributed by atoms with Gasteiger partial charge in [0.25, 0.3) is 0 Å². The van der Waals surface area contributed by atoms with Crippen LogP contribution in [0, 0.1) is 0 Å². The summed E-state index contributed by atoms with van der Waals surface area (Å²) in [5.41, 5.74) is 0.363. The van der Waals surface area contributed by atoms with Crippen molar-refractivity contribution in [3.05, 3.63) is 18.1 Å². The Bertz CT molecular complexity index is 348. The van der Waals surface area contributed by atoms with Crippen molar-refractivity contribution in [3.63, 3.8) is 0 Å². The number of anilines is 1. The van der Waals surface area contributed by atoms with E-state index in [0.29, 0.717) is 12.5 Å². The van der Waals surface area contributed by atoms with Crippen LogP contribution < -0.4 is 5.32 Å². The number of aliphatic hydroxyl groups is 1. The second-order valence-corrected chi connectivity index (χ2v) is 4.77. The predicted octanol–water partition coefficient (Wildman–Crippen LogP) is 2.56. The van der Waals surface area contributed by atoms with Crippen molar-refractivity contribution in [1.29, 1.82) is 0 Å². The van der Waals surface area contributed by atoms with E-state index in [1.165, 1.54) is 0 Å². The van der Waals surface area contributed by atoms with E-state index in [4.69, 9.17) is 0 Å².